The van der Waals surface area contributed by atoms with Crippen molar-refractivity contribution >= 4 is 11.8 Å². The van der Waals surface area contributed by atoms with Crippen molar-refractivity contribution in [2.75, 3.05) is 6.61 Å². The summed E-state index contributed by atoms with van der Waals surface area (Å²) in [7, 11) is 0. The van der Waals surface area contributed by atoms with Crippen molar-refractivity contribution in [3.05, 3.63) is 35.4 Å². The van der Waals surface area contributed by atoms with Gasteiger partial charge in [-0.2, -0.15) is 0 Å². The molecule has 0 saturated carbocycles. The molecule has 0 bridgehead atoms. The third-order valence-electron chi connectivity index (χ3n) is 2.74. The van der Waals surface area contributed by atoms with E-state index >= 15 is 0 Å². The average Bonchev–Trinajstić information content (AvgIpc) is 2.37. The molecule has 0 heterocycles. The second-order valence-corrected chi connectivity index (χ2v) is 3.97. The van der Waals surface area contributed by atoms with E-state index in [0.29, 0.717) is 17.7 Å². The fourth-order valence-electron chi connectivity index (χ4n) is 1.45. The molecular weight excluding hydrogens is 216 g/mol. The van der Waals surface area contributed by atoms with Crippen molar-refractivity contribution < 1.29 is 14.3 Å². The van der Waals surface area contributed by atoms with Crippen LogP contribution in [0.2, 0.25) is 0 Å². The van der Waals surface area contributed by atoms with E-state index < -0.39 is 0 Å². The van der Waals surface area contributed by atoms with Gasteiger partial charge in [-0.05, 0) is 25.5 Å². The van der Waals surface area contributed by atoms with Gasteiger partial charge in [-0.3, -0.25) is 4.79 Å². The Bertz CT molecular complexity index is 392. The summed E-state index contributed by atoms with van der Waals surface area (Å²) in [5.74, 6) is -0.221. The molecule has 0 aromatic heterocycles. The molecule has 0 fully saturated rings. The molecule has 0 aliphatic carbocycles. The molecule has 17 heavy (non-hydrogen) atoms. The highest BCUT2D eigenvalue weighted by Crippen LogP contribution is 2.13. The Morgan fingerprint density at radius 1 is 1.12 bits per heavy atom. The quantitative estimate of drug-likeness (QED) is 0.581. The SMILES string of the molecule is CCOC(=O)c1ccc(C(=O)[C@@H](C)CC)cc1. The van der Waals surface area contributed by atoms with Crippen LogP contribution in [0.5, 0.6) is 0 Å². The summed E-state index contributed by atoms with van der Waals surface area (Å²) in [6.45, 7) is 6.00. The highest BCUT2D eigenvalue weighted by atomic mass is 16.5. The molecule has 0 radical (unpaired) electrons. The van der Waals surface area contributed by atoms with E-state index in [1.165, 1.54) is 0 Å². The third kappa shape index (κ3) is 3.41. The first-order valence-corrected chi connectivity index (χ1v) is 5.91. The maximum atomic E-state index is 11.9. The van der Waals surface area contributed by atoms with Gasteiger partial charge < -0.3 is 4.74 Å². The standard InChI is InChI=1S/C14H18O3/c1-4-10(3)13(15)11-6-8-12(9-7-11)14(16)17-5-2/h6-10H,4-5H2,1-3H3/t10-/m0/s1. The largest absolute Gasteiger partial charge is 0.462 e. The van der Waals surface area contributed by atoms with Crippen molar-refractivity contribution in [2.24, 2.45) is 5.92 Å². The zero-order valence-corrected chi connectivity index (χ0v) is 10.5. The zero-order chi connectivity index (χ0) is 12.8. The third-order valence-corrected chi connectivity index (χ3v) is 2.74. The van der Waals surface area contributed by atoms with E-state index in [1.54, 1.807) is 31.2 Å². The Hall–Kier alpha value is -1.64. The summed E-state index contributed by atoms with van der Waals surface area (Å²) < 4.78 is 4.87. The fraction of sp³-hybridized carbons (Fsp3) is 0.429. The number of Topliss-reactive ketones (excluding diaryl/α,β-unsaturated/α-hetero) is 1. The van der Waals surface area contributed by atoms with Gasteiger partial charge in [0.05, 0.1) is 12.2 Å². The predicted molar refractivity (Wildman–Crippen MR) is 66.2 cm³/mol. The maximum absolute atomic E-state index is 11.9. The van der Waals surface area contributed by atoms with Crippen LogP contribution in [-0.2, 0) is 4.74 Å². The van der Waals surface area contributed by atoms with Gasteiger partial charge in [-0.15, -0.1) is 0 Å². The molecule has 0 aliphatic rings. The van der Waals surface area contributed by atoms with Crippen molar-refractivity contribution in [1.29, 1.82) is 0 Å². The highest BCUT2D eigenvalue weighted by molar-refractivity contribution is 5.98. The molecule has 1 aromatic rings. The minimum absolute atomic E-state index is 0.0171. The molecule has 0 unspecified atom stereocenters. The summed E-state index contributed by atoms with van der Waals surface area (Å²) in [6, 6.07) is 6.63. The summed E-state index contributed by atoms with van der Waals surface area (Å²) in [6.07, 6.45) is 0.818. The number of ether oxygens (including phenoxy) is 1. The van der Waals surface area contributed by atoms with Crippen molar-refractivity contribution in [3.8, 4) is 0 Å². The van der Waals surface area contributed by atoms with Crippen LogP contribution in [0.4, 0.5) is 0 Å². The van der Waals surface area contributed by atoms with Crippen LogP contribution in [0.1, 0.15) is 47.9 Å². The van der Waals surface area contributed by atoms with Gasteiger partial charge in [0.2, 0.25) is 0 Å². The van der Waals surface area contributed by atoms with Gasteiger partial charge in [-0.25, -0.2) is 4.79 Å². The van der Waals surface area contributed by atoms with E-state index in [1.807, 2.05) is 13.8 Å². The normalized spacial score (nSPS) is 11.9. The van der Waals surface area contributed by atoms with E-state index in [4.69, 9.17) is 4.74 Å². The van der Waals surface area contributed by atoms with Crippen molar-refractivity contribution in [3.63, 3.8) is 0 Å². The summed E-state index contributed by atoms with van der Waals surface area (Å²) >= 11 is 0. The molecule has 0 amide bonds. The first kappa shape index (κ1) is 13.4. The Morgan fingerprint density at radius 2 is 1.65 bits per heavy atom. The lowest BCUT2D eigenvalue weighted by Gasteiger charge is -2.07. The minimum atomic E-state index is -0.352. The highest BCUT2D eigenvalue weighted by Gasteiger charge is 2.14. The smallest absolute Gasteiger partial charge is 0.338 e. The number of carbonyl (C=O) groups is 2. The van der Waals surface area contributed by atoms with E-state index in [-0.39, 0.29) is 17.7 Å². The molecule has 0 spiro atoms. The van der Waals surface area contributed by atoms with Crippen LogP contribution >= 0.6 is 0 Å². The maximum Gasteiger partial charge on any atom is 0.338 e. The number of rotatable bonds is 5. The van der Waals surface area contributed by atoms with Crippen LogP contribution < -0.4 is 0 Å². The van der Waals surface area contributed by atoms with Crippen LogP contribution in [-0.4, -0.2) is 18.4 Å². The van der Waals surface area contributed by atoms with E-state index in [0.717, 1.165) is 6.42 Å². The first-order valence-electron chi connectivity index (χ1n) is 5.91. The van der Waals surface area contributed by atoms with Crippen LogP contribution in [0, 0.1) is 5.92 Å². The molecule has 1 rings (SSSR count). The van der Waals surface area contributed by atoms with Crippen molar-refractivity contribution in [2.45, 2.75) is 27.2 Å². The second kappa shape index (κ2) is 6.18. The Kier molecular flexibility index (Phi) is 4.88. The lowest BCUT2D eigenvalue weighted by molar-refractivity contribution is 0.0526. The molecule has 3 heteroatoms. The van der Waals surface area contributed by atoms with Crippen LogP contribution in [0.15, 0.2) is 24.3 Å². The lowest BCUT2D eigenvalue weighted by atomic mass is 9.96. The van der Waals surface area contributed by atoms with Gasteiger partial charge in [0, 0.05) is 11.5 Å². The van der Waals surface area contributed by atoms with E-state index in [9.17, 15) is 9.59 Å². The minimum Gasteiger partial charge on any atom is -0.462 e. The number of ketones is 1. The lowest BCUT2D eigenvalue weighted by Crippen LogP contribution is -2.11. The molecule has 3 nitrogen and oxygen atoms in total. The van der Waals surface area contributed by atoms with Gasteiger partial charge in [0.15, 0.2) is 5.78 Å². The molecule has 92 valence electrons. The summed E-state index contributed by atoms with van der Waals surface area (Å²) in [4.78, 5) is 23.3. The summed E-state index contributed by atoms with van der Waals surface area (Å²) in [5.41, 5.74) is 1.12. The van der Waals surface area contributed by atoms with Crippen LogP contribution in [0.25, 0.3) is 0 Å². The molecule has 1 aromatic carbocycles. The zero-order valence-electron chi connectivity index (χ0n) is 10.5. The Labute approximate surface area is 102 Å². The molecular formula is C14H18O3. The molecule has 0 saturated heterocycles. The number of hydrogen-bond acceptors (Lipinski definition) is 3. The van der Waals surface area contributed by atoms with Gasteiger partial charge >= 0.3 is 5.97 Å². The Balaban J connectivity index is 2.81. The fourth-order valence-corrected chi connectivity index (χ4v) is 1.45. The topological polar surface area (TPSA) is 43.4 Å². The second-order valence-electron chi connectivity index (χ2n) is 3.97. The van der Waals surface area contributed by atoms with Gasteiger partial charge in [0.25, 0.3) is 0 Å². The first-order chi connectivity index (χ1) is 8.10. The molecule has 1 atom stereocenters. The molecule has 0 N–H and O–H groups in total. The number of carbonyl (C=O) groups excluding carboxylic acids is 2. The summed E-state index contributed by atoms with van der Waals surface area (Å²) in [5, 5.41) is 0. The molecule has 0 aliphatic heterocycles. The Morgan fingerprint density at radius 3 is 2.12 bits per heavy atom. The monoisotopic (exact) mass is 234 g/mol. The van der Waals surface area contributed by atoms with Crippen molar-refractivity contribution in [1.82, 2.24) is 0 Å². The number of esters is 1. The average molecular weight is 234 g/mol. The van der Waals surface area contributed by atoms with Gasteiger partial charge in [0.1, 0.15) is 0 Å². The number of hydrogen-bond donors (Lipinski definition) is 0. The van der Waals surface area contributed by atoms with Gasteiger partial charge in [-0.1, -0.05) is 26.0 Å². The number of benzene rings is 1. The van der Waals surface area contributed by atoms with E-state index in [2.05, 4.69) is 0 Å². The van der Waals surface area contributed by atoms with Crippen LogP contribution in [0.3, 0.4) is 0 Å². The predicted octanol–water partition coefficient (Wildman–Crippen LogP) is 3.09.